The van der Waals surface area contributed by atoms with Gasteiger partial charge in [0.1, 0.15) is 11.9 Å². The fraction of sp³-hybridized carbons (Fsp3) is 0.385. The molecule has 0 bridgehead atoms. The number of rotatable bonds is 4. The molecule has 0 unspecified atom stereocenters. The minimum Gasteiger partial charge on any atom is -0.486 e. The molecule has 0 atom stereocenters. The summed E-state index contributed by atoms with van der Waals surface area (Å²) in [6.07, 6.45) is 0.206. The second-order valence-corrected chi connectivity index (χ2v) is 5.23. The van der Waals surface area contributed by atoms with Crippen molar-refractivity contribution >= 4 is 11.6 Å². The average molecular weight is 295 g/mol. The zero-order chi connectivity index (χ0) is 14.1. The zero-order valence-electron chi connectivity index (χ0n) is 11.0. The smallest absolute Gasteiger partial charge is 0.240 e. The molecule has 1 aliphatic rings. The Bertz CT molecular complexity index is 610. The van der Waals surface area contributed by atoms with Crippen LogP contribution in [0.3, 0.4) is 0 Å². The Morgan fingerprint density at radius 2 is 2.30 bits per heavy atom. The summed E-state index contributed by atoms with van der Waals surface area (Å²) in [5.74, 6) is 1.55. The van der Waals surface area contributed by atoms with E-state index in [-0.39, 0.29) is 12.6 Å². The van der Waals surface area contributed by atoms with Gasteiger partial charge in [0.25, 0.3) is 0 Å². The van der Waals surface area contributed by atoms with E-state index in [0.29, 0.717) is 22.5 Å². The van der Waals surface area contributed by atoms with Crippen LogP contribution >= 0.6 is 11.6 Å². The van der Waals surface area contributed by atoms with E-state index < -0.39 is 0 Å². The maximum Gasteiger partial charge on any atom is 0.240 e. The summed E-state index contributed by atoms with van der Waals surface area (Å²) in [6, 6.07) is 5.45. The molecule has 20 heavy (non-hydrogen) atoms. The number of hydrogen-bond donors (Lipinski definition) is 1. The summed E-state index contributed by atoms with van der Waals surface area (Å²) in [5, 5.41) is 4.39. The molecule has 0 aliphatic carbocycles. The van der Waals surface area contributed by atoms with E-state index in [0.717, 1.165) is 18.7 Å². The average Bonchev–Trinajstić information content (AvgIpc) is 2.88. The molecule has 3 rings (SSSR count). The van der Waals surface area contributed by atoms with E-state index in [1.54, 1.807) is 6.07 Å². The lowest BCUT2D eigenvalue weighted by atomic mass is 10.1. The molecule has 0 radical (unpaired) electrons. The van der Waals surface area contributed by atoms with E-state index in [4.69, 9.17) is 26.6 Å². The molecular weight excluding hydrogens is 280 g/mol. The van der Waals surface area contributed by atoms with Gasteiger partial charge in [-0.3, -0.25) is 4.90 Å². The molecule has 1 aliphatic heterocycles. The second kappa shape index (κ2) is 5.40. The number of halogens is 1. The third-order valence-corrected chi connectivity index (χ3v) is 3.45. The highest BCUT2D eigenvalue weighted by Gasteiger charge is 2.25. The predicted molar refractivity (Wildman–Crippen MR) is 74.5 cm³/mol. The van der Waals surface area contributed by atoms with Crippen LogP contribution in [0.25, 0.3) is 11.4 Å². The van der Waals surface area contributed by atoms with Crippen molar-refractivity contribution in [2.24, 2.45) is 5.73 Å². The first-order valence-electron chi connectivity index (χ1n) is 6.33. The first-order chi connectivity index (χ1) is 9.65. The number of benzene rings is 1. The highest BCUT2D eigenvalue weighted by molar-refractivity contribution is 6.32. The van der Waals surface area contributed by atoms with Crippen molar-refractivity contribution < 1.29 is 9.26 Å². The van der Waals surface area contributed by atoms with E-state index in [9.17, 15) is 0 Å². The molecule has 0 amide bonds. The van der Waals surface area contributed by atoms with E-state index >= 15 is 0 Å². The fourth-order valence-corrected chi connectivity index (χ4v) is 2.31. The summed E-state index contributed by atoms with van der Waals surface area (Å²) in [5.41, 5.74) is 6.21. The topological polar surface area (TPSA) is 77.4 Å². The van der Waals surface area contributed by atoms with Crippen LogP contribution in [-0.4, -0.2) is 41.3 Å². The molecule has 0 saturated carbocycles. The summed E-state index contributed by atoms with van der Waals surface area (Å²) in [7, 11) is 2.05. The molecule has 2 heterocycles. The molecule has 6 nitrogen and oxygen atoms in total. The first kappa shape index (κ1) is 13.4. The van der Waals surface area contributed by atoms with Crippen LogP contribution in [0.5, 0.6) is 5.75 Å². The number of aromatic nitrogens is 2. The van der Waals surface area contributed by atoms with Crippen molar-refractivity contribution in [1.29, 1.82) is 0 Å². The van der Waals surface area contributed by atoms with Crippen LogP contribution in [0, 0.1) is 0 Å². The Kier molecular flexibility index (Phi) is 3.60. The van der Waals surface area contributed by atoms with Gasteiger partial charge < -0.3 is 15.0 Å². The van der Waals surface area contributed by atoms with Crippen molar-refractivity contribution in [3.63, 3.8) is 0 Å². The molecule has 1 aromatic heterocycles. The summed E-state index contributed by atoms with van der Waals surface area (Å²) in [6.45, 7) is 2.06. The van der Waals surface area contributed by atoms with Crippen LogP contribution in [0.2, 0.25) is 5.02 Å². The highest BCUT2D eigenvalue weighted by atomic mass is 35.5. The molecule has 2 N–H and O–H groups in total. The van der Waals surface area contributed by atoms with Crippen LogP contribution in [0.1, 0.15) is 5.89 Å². The predicted octanol–water partition coefficient (Wildman–Crippen LogP) is 1.54. The number of likely N-dealkylation sites (N-methyl/N-ethyl adjacent to an activating group) is 1. The summed E-state index contributed by atoms with van der Waals surface area (Å²) in [4.78, 5) is 6.34. The van der Waals surface area contributed by atoms with Crippen molar-refractivity contribution in [1.82, 2.24) is 15.0 Å². The number of hydrogen-bond acceptors (Lipinski definition) is 6. The molecule has 106 valence electrons. The molecular formula is C13H15ClN4O2. The van der Waals surface area contributed by atoms with Gasteiger partial charge in [-0.25, -0.2) is 0 Å². The van der Waals surface area contributed by atoms with Gasteiger partial charge in [0.2, 0.25) is 11.7 Å². The Morgan fingerprint density at radius 3 is 2.90 bits per heavy atom. The van der Waals surface area contributed by atoms with Crippen molar-refractivity contribution in [2.75, 3.05) is 20.1 Å². The summed E-state index contributed by atoms with van der Waals surface area (Å²) >= 11 is 6.23. The van der Waals surface area contributed by atoms with Gasteiger partial charge in [-0.1, -0.05) is 16.8 Å². The van der Waals surface area contributed by atoms with E-state index in [1.807, 2.05) is 12.1 Å². The summed E-state index contributed by atoms with van der Waals surface area (Å²) < 4.78 is 10.8. The molecule has 7 heteroatoms. The van der Waals surface area contributed by atoms with Gasteiger partial charge in [-0.2, -0.15) is 4.98 Å². The minimum absolute atomic E-state index is 0.206. The zero-order valence-corrected chi connectivity index (χ0v) is 11.8. The maximum absolute atomic E-state index is 6.23. The maximum atomic E-state index is 6.23. The van der Waals surface area contributed by atoms with E-state index in [2.05, 4.69) is 22.1 Å². The number of nitrogens with two attached hydrogens (primary N) is 1. The largest absolute Gasteiger partial charge is 0.486 e. The second-order valence-electron chi connectivity index (χ2n) is 4.82. The minimum atomic E-state index is 0.206. The van der Waals surface area contributed by atoms with Crippen LogP contribution in [-0.2, 0) is 6.54 Å². The Morgan fingerprint density at radius 1 is 1.50 bits per heavy atom. The lowest BCUT2D eigenvalue weighted by Crippen LogP contribution is -2.51. The van der Waals surface area contributed by atoms with Crippen LogP contribution < -0.4 is 10.5 Å². The number of nitrogens with zero attached hydrogens (tertiary/aromatic N) is 3. The van der Waals surface area contributed by atoms with Gasteiger partial charge in [-0.15, -0.1) is 0 Å². The third-order valence-electron chi connectivity index (χ3n) is 3.16. The Balaban J connectivity index is 1.76. The lowest BCUT2D eigenvalue weighted by molar-refractivity contribution is 0.0389. The quantitative estimate of drug-likeness (QED) is 0.922. The van der Waals surface area contributed by atoms with Gasteiger partial charge in [0, 0.05) is 18.7 Å². The number of ether oxygens (including phenoxy) is 1. The molecule has 1 fully saturated rings. The number of likely N-dealkylation sites (tertiary alicyclic amines) is 1. The van der Waals surface area contributed by atoms with Crippen LogP contribution in [0.4, 0.5) is 0 Å². The van der Waals surface area contributed by atoms with E-state index in [1.165, 1.54) is 0 Å². The fourth-order valence-electron chi connectivity index (χ4n) is 2.09. The van der Waals surface area contributed by atoms with Crippen molar-refractivity contribution in [3.05, 3.63) is 29.1 Å². The normalized spacial score (nSPS) is 16.1. The first-order valence-corrected chi connectivity index (χ1v) is 6.71. The van der Waals surface area contributed by atoms with Gasteiger partial charge in [0.15, 0.2) is 0 Å². The lowest BCUT2D eigenvalue weighted by Gasteiger charge is -2.36. The Labute approximate surface area is 121 Å². The SMILES string of the molecule is CN1CC(Oc2ccc(-c3noc(CN)n3)cc2Cl)C1. The van der Waals surface area contributed by atoms with Crippen molar-refractivity contribution in [2.45, 2.75) is 12.6 Å². The monoisotopic (exact) mass is 294 g/mol. The van der Waals surface area contributed by atoms with Gasteiger partial charge >= 0.3 is 0 Å². The molecule has 1 aromatic carbocycles. The molecule has 1 saturated heterocycles. The Hall–Kier alpha value is -1.63. The van der Waals surface area contributed by atoms with Gasteiger partial charge in [-0.05, 0) is 25.2 Å². The van der Waals surface area contributed by atoms with Crippen molar-refractivity contribution in [3.8, 4) is 17.1 Å². The van der Waals surface area contributed by atoms with Gasteiger partial charge in [0.05, 0.1) is 11.6 Å². The molecule has 0 spiro atoms. The highest BCUT2D eigenvalue weighted by Crippen LogP contribution is 2.30. The standard InChI is InChI=1S/C13H15ClN4O2/c1-18-6-9(7-18)19-11-3-2-8(4-10(11)14)13-16-12(5-15)20-17-13/h2-4,9H,5-7,15H2,1H3. The third kappa shape index (κ3) is 2.63. The molecule has 2 aromatic rings. The van der Waals surface area contributed by atoms with Crippen LogP contribution in [0.15, 0.2) is 22.7 Å².